The first-order chi connectivity index (χ1) is 9.90. The summed E-state index contributed by atoms with van der Waals surface area (Å²) in [6.45, 7) is 0. The number of nitrogens with one attached hydrogen (secondary N) is 1. The van der Waals surface area contributed by atoms with E-state index in [1.54, 1.807) is 0 Å². The van der Waals surface area contributed by atoms with Gasteiger partial charge in [-0.25, -0.2) is 0 Å². The highest BCUT2D eigenvalue weighted by Crippen LogP contribution is 2.34. The quantitative estimate of drug-likeness (QED) is 0.507. The van der Waals surface area contributed by atoms with Crippen LogP contribution in [0, 0.1) is 5.92 Å². The molecule has 1 fully saturated rings. The van der Waals surface area contributed by atoms with E-state index in [1.165, 1.54) is 49.3 Å². The van der Waals surface area contributed by atoms with Crippen molar-refractivity contribution in [2.24, 2.45) is 11.8 Å². The maximum absolute atomic E-state index is 5.89. The number of rotatable bonds is 3. The Morgan fingerprint density at radius 3 is 2.55 bits per heavy atom. The summed E-state index contributed by atoms with van der Waals surface area (Å²) in [7, 11) is 0. The van der Waals surface area contributed by atoms with Gasteiger partial charge in [0.05, 0.1) is 11.7 Å². The highest BCUT2D eigenvalue weighted by atomic mass is 15.2. The molecule has 3 heteroatoms. The number of nitrogens with zero attached hydrogens (tertiary/aromatic N) is 1. The summed E-state index contributed by atoms with van der Waals surface area (Å²) in [5.74, 6) is 6.49. The minimum Gasteiger partial charge on any atom is -0.271 e. The molecule has 0 radical (unpaired) electrons. The van der Waals surface area contributed by atoms with Crippen LogP contribution in [0.4, 0.5) is 0 Å². The molecule has 0 spiro atoms. The molecule has 1 aromatic heterocycles. The first-order valence-electron chi connectivity index (χ1n) is 7.70. The molecule has 1 saturated carbocycles. The fourth-order valence-electron chi connectivity index (χ4n) is 3.47. The van der Waals surface area contributed by atoms with Crippen LogP contribution in [0.2, 0.25) is 0 Å². The highest BCUT2D eigenvalue weighted by Gasteiger charge is 2.25. The van der Waals surface area contributed by atoms with E-state index in [1.807, 2.05) is 6.20 Å². The number of nitrogens with two attached hydrogens (primary N) is 1. The lowest BCUT2D eigenvalue weighted by Crippen LogP contribution is -2.34. The van der Waals surface area contributed by atoms with Crippen molar-refractivity contribution in [2.75, 3.05) is 0 Å². The van der Waals surface area contributed by atoms with Crippen LogP contribution in [0.1, 0.15) is 50.3 Å². The van der Waals surface area contributed by atoms with E-state index >= 15 is 0 Å². The number of fused-ring (bicyclic) bond motifs is 1. The highest BCUT2D eigenvalue weighted by molar-refractivity contribution is 5.84. The first kappa shape index (κ1) is 13.5. The fraction of sp³-hybridized carbons (Fsp3) is 0.471. The molecule has 0 aliphatic heterocycles. The van der Waals surface area contributed by atoms with Gasteiger partial charge in [-0.15, -0.1) is 0 Å². The zero-order valence-corrected chi connectivity index (χ0v) is 11.9. The molecule has 106 valence electrons. The maximum Gasteiger partial charge on any atom is 0.0667 e. The molecule has 1 atom stereocenters. The standard InChI is InChI=1S/C17H23N3/c18-20-16(14-8-3-1-2-4-9-14)17-15-10-6-5-7-13(15)11-12-19-17/h5-7,10-12,14,16,20H,1-4,8-9,18H2. The van der Waals surface area contributed by atoms with Crippen LogP contribution in [0.15, 0.2) is 36.5 Å². The van der Waals surface area contributed by atoms with Gasteiger partial charge in [0.15, 0.2) is 0 Å². The van der Waals surface area contributed by atoms with Crippen molar-refractivity contribution >= 4 is 10.8 Å². The van der Waals surface area contributed by atoms with Gasteiger partial charge < -0.3 is 0 Å². The molecule has 3 nitrogen and oxygen atoms in total. The van der Waals surface area contributed by atoms with Gasteiger partial charge in [0.25, 0.3) is 0 Å². The van der Waals surface area contributed by atoms with Crippen LogP contribution >= 0.6 is 0 Å². The van der Waals surface area contributed by atoms with E-state index in [-0.39, 0.29) is 6.04 Å². The lowest BCUT2D eigenvalue weighted by molar-refractivity contribution is 0.325. The van der Waals surface area contributed by atoms with E-state index < -0.39 is 0 Å². The van der Waals surface area contributed by atoms with Crippen LogP contribution in [-0.4, -0.2) is 4.98 Å². The summed E-state index contributed by atoms with van der Waals surface area (Å²) in [5.41, 5.74) is 4.15. The molecule has 1 heterocycles. The molecule has 1 unspecified atom stereocenters. The molecule has 3 N–H and O–H groups in total. The average molecular weight is 269 g/mol. The largest absolute Gasteiger partial charge is 0.271 e. The zero-order chi connectivity index (χ0) is 13.8. The molecule has 20 heavy (non-hydrogen) atoms. The molecule has 0 bridgehead atoms. The molecule has 0 saturated heterocycles. The van der Waals surface area contributed by atoms with Gasteiger partial charge >= 0.3 is 0 Å². The third-order valence-electron chi connectivity index (χ3n) is 4.55. The minimum absolute atomic E-state index is 0.166. The number of hydrazine groups is 1. The SMILES string of the molecule is NNC(c1nccc2ccccc12)C1CCCCCC1. The molecule has 0 amide bonds. The second-order valence-electron chi connectivity index (χ2n) is 5.81. The second kappa shape index (κ2) is 6.33. The van der Waals surface area contributed by atoms with Crippen LogP contribution in [-0.2, 0) is 0 Å². The van der Waals surface area contributed by atoms with Gasteiger partial charge in [0.2, 0.25) is 0 Å². The first-order valence-corrected chi connectivity index (χ1v) is 7.70. The predicted molar refractivity (Wildman–Crippen MR) is 83.0 cm³/mol. The number of aromatic nitrogens is 1. The van der Waals surface area contributed by atoms with E-state index in [4.69, 9.17) is 5.84 Å². The van der Waals surface area contributed by atoms with Crippen LogP contribution < -0.4 is 11.3 Å². The number of pyridine rings is 1. The van der Waals surface area contributed by atoms with Gasteiger partial charge in [-0.2, -0.15) is 0 Å². The fourth-order valence-corrected chi connectivity index (χ4v) is 3.47. The Labute approximate surface area is 120 Å². The van der Waals surface area contributed by atoms with E-state index in [9.17, 15) is 0 Å². The Hall–Kier alpha value is -1.45. The molecule has 1 aromatic carbocycles. The van der Waals surface area contributed by atoms with Crippen LogP contribution in [0.3, 0.4) is 0 Å². The second-order valence-corrected chi connectivity index (χ2v) is 5.81. The van der Waals surface area contributed by atoms with Crippen molar-refractivity contribution in [1.82, 2.24) is 10.4 Å². The van der Waals surface area contributed by atoms with Gasteiger partial charge in [-0.1, -0.05) is 49.9 Å². The van der Waals surface area contributed by atoms with Gasteiger partial charge in [0.1, 0.15) is 0 Å². The monoisotopic (exact) mass is 269 g/mol. The normalized spacial score (nSPS) is 18.9. The Kier molecular flexibility index (Phi) is 4.28. The minimum atomic E-state index is 0.166. The third-order valence-corrected chi connectivity index (χ3v) is 4.55. The topological polar surface area (TPSA) is 50.9 Å². The summed E-state index contributed by atoms with van der Waals surface area (Å²) in [4.78, 5) is 4.64. The number of hydrogen-bond donors (Lipinski definition) is 2. The number of hydrogen-bond acceptors (Lipinski definition) is 3. The molecule has 1 aliphatic rings. The smallest absolute Gasteiger partial charge is 0.0667 e. The Morgan fingerprint density at radius 1 is 1.05 bits per heavy atom. The van der Waals surface area contributed by atoms with Gasteiger partial charge in [0, 0.05) is 11.6 Å². The molecule has 2 aromatic rings. The van der Waals surface area contributed by atoms with Crippen molar-refractivity contribution in [2.45, 2.75) is 44.6 Å². The lowest BCUT2D eigenvalue weighted by atomic mass is 9.88. The van der Waals surface area contributed by atoms with E-state index in [2.05, 4.69) is 40.7 Å². The third kappa shape index (κ3) is 2.69. The summed E-state index contributed by atoms with van der Waals surface area (Å²) in [5, 5.41) is 2.47. The number of benzene rings is 1. The van der Waals surface area contributed by atoms with Crippen molar-refractivity contribution in [1.29, 1.82) is 0 Å². The van der Waals surface area contributed by atoms with Crippen molar-refractivity contribution in [3.05, 3.63) is 42.2 Å². The Bertz CT molecular complexity index is 554. The summed E-state index contributed by atoms with van der Waals surface area (Å²) in [6, 6.07) is 10.7. The van der Waals surface area contributed by atoms with Gasteiger partial charge in [-0.3, -0.25) is 16.3 Å². The molecule has 1 aliphatic carbocycles. The molecular formula is C17H23N3. The van der Waals surface area contributed by atoms with Crippen molar-refractivity contribution in [3.63, 3.8) is 0 Å². The Morgan fingerprint density at radius 2 is 1.80 bits per heavy atom. The van der Waals surface area contributed by atoms with Crippen LogP contribution in [0.5, 0.6) is 0 Å². The predicted octanol–water partition coefficient (Wildman–Crippen LogP) is 3.71. The van der Waals surface area contributed by atoms with E-state index in [0.717, 1.165) is 5.69 Å². The summed E-state index contributed by atoms with van der Waals surface area (Å²) >= 11 is 0. The molecular weight excluding hydrogens is 246 g/mol. The average Bonchev–Trinajstić information content (AvgIpc) is 2.78. The maximum atomic E-state index is 5.89. The van der Waals surface area contributed by atoms with Crippen molar-refractivity contribution in [3.8, 4) is 0 Å². The summed E-state index contributed by atoms with van der Waals surface area (Å²) < 4.78 is 0. The molecule has 3 rings (SSSR count). The van der Waals surface area contributed by atoms with Crippen molar-refractivity contribution < 1.29 is 0 Å². The summed E-state index contributed by atoms with van der Waals surface area (Å²) in [6.07, 6.45) is 9.74. The van der Waals surface area contributed by atoms with Gasteiger partial charge in [-0.05, 0) is 30.2 Å². The zero-order valence-electron chi connectivity index (χ0n) is 11.9. The van der Waals surface area contributed by atoms with Crippen LogP contribution in [0.25, 0.3) is 10.8 Å². The Balaban J connectivity index is 1.98. The van der Waals surface area contributed by atoms with E-state index in [0.29, 0.717) is 5.92 Å². The lowest BCUT2D eigenvalue weighted by Gasteiger charge is -2.26.